The van der Waals surface area contributed by atoms with Crippen LogP contribution in [0.2, 0.25) is 0 Å². The highest BCUT2D eigenvalue weighted by Gasteiger charge is 2.16. The summed E-state index contributed by atoms with van der Waals surface area (Å²) < 4.78 is 10.4. The van der Waals surface area contributed by atoms with Crippen LogP contribution in [0.25, 0.3) is 0 Å². The molecule has 72 valence electrons. The number of aromatic hydroxyl groups is 1. The largest absolute Gasteiger partial charge is 0.504 e. The predicted molar refractivity (Wildman–Crippen MR) is 51.4 cm³/mol. The minimum absolute atomic E-state index is 0.0428. The van der Waals surface area contributed by atoms with Crippen molar-refractivity contribution in [2.75, 3.05) is 14.2 Å². The Morgan fingerprint density at radius 3 is 2.38 bits per heavy atom. The number of hydrogen-bond acceptors (Lipinski definition) is 4. The summed E-state index contributed by atoms with van der Waals surface area (Å²) >= 11 is 3.19. The first kappa shape index (κ1) is 10.1. The summed E-state index contributed by atoms with van der Waals surface area (Å²) in [5, 5.41) is 9.62. The number of rotatable bonds is 2. The lowest BCUT2D eigenvalue weighted by atomic mass is 10.3. The predicted octanol–water partition coefficient (Wildman–Crippen LogP) is 1.88. The van der Waals surface area contributed by atoms with Gasteiger partial charge in [0, 0.05) is 5.56 Å². The second-order valence-electron chi connectivity index (χ2n) is 2.42. The van der Waals surface area contributed by atoms with Gasteiger partial charge in [-0.1, -0.05) is 0 Å². The first-order chi connectivity index (χ1) is 6.11. The van der Waals surface area contributed by atoms with Gasteiger partial charge in [-0.2, -0.15) is 0 Å². The summed E-state index contributed by atoms with van der Waals surface area (Å²) in [7, 11) is 2.92. The van der Waals surface area contributed by atoms with Crippen LogP contribution in [0.3, 0.4) is 0 Å². The number of aromatic nitrogens is 1. The van der Waals surface area contributed by atoms with Crippen molar-refractivity contribution in [3.8, 4) is 17.4 Å². The van der Waals surface area contributed by atoms with Crippen LogP contribution in [0.15, 0.2) is 4.60 Å². The molecule has 0 aromatic carbocycles. The zero-order valence-electron chi connectivity index (χ0n) is 7.59. The summed E-state index contributed by atoms with van der Waals surface area (Å²) in [6, 6.07) is 0. The average molecular weight is 248 g/mol. The Kier molecular flexibility index (Phi) is 2.98. The third kappa shape index (κ3) is 1.70. The number of nitrogens with zero attached hydrogens (tertiary/aromatic N) is 1. The Labute approximate surface area is 84.6 Å². The van der Waals surface area contributed by atoms with Gasteiger partial charge in [-0.05, 0) is 22.9 Å². The zero-order chi connectivity index (χ0) is 10.0. The third-order valence-electron chi connectivity index (χ3n) is 1.67. The molecule has 0 saturated carbocycles. The van der Waals surface area contributed by atoms with Gasteiger partial charge in [0.15, 0.2) is 5.75 Å². The second kappa shape index (κ2) is 3.83. The van der Waals surface area contributed by atoms with Crippen LogP contribution >= 0.6 is 15.9 Å². The lowest BCUT2D eigenvalue weighted by molar-refractivity contribution is 0.321. The van der Waals surface area contributed by atoms with Gasteiger partial charge in [-0.15, -0.1) is 0 Å². The van der Waals surface area contributed by atoms with E-state index in [1.165, 1.54) is 14.2 Å². The van der Waals surface area contributed by atoms with Gasteiger partial charge in [0.25, 0.3) is 5.88 Å². The average Bonchev–Trinajstić information content (AvgIpc) is 2.13. The smallest absolute Gasteiger partial charge is 0.261 e. The van der Waals surface area contributed by atoms with E-state index < -0.39 is 0 Å². The van der Waals surface area contributed by atoms with Crippen LogP contribution in [-0.4, -0.2) is 24.3 Å². The Morgan fingerprint density at radius 1 is 1.31 bits per heavy atom. The van der Waals surface area contributed by atoms with E-state index in [1.54, 1.807) is 6.92 Å². The molecule has 1 rings (SSSR count). The van der Waals surface area contributed by atoms with Crippen LogP contribution in [0.4, 0.5) is 0 Å². The Balaban J connectivity index is 3.39. The van der Waals surface area contributed by atoms with Crippen LogP contribution in [0.5, 0.6) is 17.4 Å². The molecule has 1 N–H and O–H groups in total. The minimum Gasteiger partial charge on any atom is -0.504 e. The normalized spacial score (nSPS) is 9.85. The van der Waals surface area contributed by atoms with E-state index in [2.05, 4.69) is 20.9 Å². The summed E-state index contributed by atoms with van der Waals surface area (Å²) in [6.07, 6.45) is 0. The maximum Gasteiger partial charge on any atom is 0.261 e. The second-order valence-corrected chi connectivity index (χ2v) is 3.17. The van der Waals surface area contributed by atoms with Gasteiger partial charge in [0.05, 0.1) is 14.2 Å². The van der Waals surface area contributed by atoms with E-state index in [0.29, 0.717) is 10.2 Å². The van der Waals surface area contributed by atoms with Crippen LogP contribution in [0.1, 0.15) is 5.56 Å². The van der Waals surface area contributed by atoms with Crippen molar-refractivity contribution in [1.82, 2.24) is 4.98 Å². The fraction of sp³-hybridized carbons (Fsp3) is 0.375. The number of hydrogen-bond donors (Lipinski definition) is 1. The summed E-state index contributed by atoms with van der Waals surface area (Å²) in [5.74, 6) is 0.557. The molecule has 0 fully saturated rings. The molecular weight excluding hydrogens is 238 g/mol. The maximum absolute atomic E-state index is 9.62. The fourth-order valence-electron chi connectivity index (χ4n) is 0.915. The van der Waals surface area contributed by atoms with Crippen molar-refractivity contribution >= 4 is 15.9 Å². The van der Waals surface area contributed by atoms with Crippen molar-refractivity contribution in [1.29, 1.82) is 0 Å². The topological polar surface area (TPSA) is 51.6 Å². The molecule has 4 nitrogen and oxygen atoms in total. The molecule has 0 amide bonds. The van der Waals surface area contributed by atoms with Crippen molar-refractivity contribution in [2.45, 2.75) is 6.92 Å². The third-order valence-corrected chi connectivity index (χ3v) is 2.44. The SMILES string of the molecule is COc1nc(Br)c(C)c(O)c1OC. The number of pyridine rings is 1. The zero-order valence-corrected chi connectivity index (χ0v) is 9.17. The van der Waals surface area contributed by atoms with Gasteiger partial charge in [0.2, 0.25) is 5.75 Å². The molecule has 0 aliphatic rings. The van der Waals surface area contributed by atoms with E-state index in [1.807, 2.05) is 0 Å². The van der Waals surface area contributed by atoms with Gasteiger partial charge in [-0.3, -0.25) is 0 Å². The monoisotopic (exact) mass is 247 g/mol. The molecule has 1 aromatic rings. The van der Waals surface area contributed by atoms with Crippen LogP contribution < -0.4 is 9.47 Å². The highest BCUT2D eigenvalue weighted by Crippen LogP contribution is 2.39. The van der Waals surface area contributed by atoms with Gasteiger partial charge >= 0.3 is 0 Å². The van der Waals surface area contributed by atoms with Gasteiger partial charge < -0.3 is 14.6 Å². The molecule has 1 heterocycles. The Hall–Kier alpha value is -0.970. The Bertz CT molecular complexity index is 328. The summed E-state index contributed by atoms with van der Waals surface area (Å²) in [4.78, 5) is 4.03. The van der Waals surface area contributed by atoms with Gasteiger partial charge in [0.1, 0.15) is 4.60 Å². The minimum atomic E-state index is 0.0428. The highest BCUT2D eigenvalue weighted by molar-refractivity contribution is 9.10. The fourth-order valence-corrected chi connectivity index (χ4v) is 1.26. The lowest BCUT2D eigenvalue weighted by Gasteiger charge is -2.10. The Morgan fingerprint density at radius 2 is 1.92 bits per heavy atom. The lowest BCUT2D eigenvalue weighted by Crippen LogP contribution is -1.96. The van der Waals surface area contributed by atoms with E-state index >= 15 is 0 Å². The van der Waals surface area contributed by atoms with E-state index in [-0.39, 0.29) is 17.4 Å². The molecule has 0 bridgehead atoms. The van der Waals surface area contributed by atoms with Crippen LogP contribution in [-0.2, 0) is 0 Å². The number of halogens is 1. The van der Waals surface area contributed by atoms with Crippen molar-refractivity contribution in [3.63, 3.8) is 0 Å². The quantitative estimate of drug-likeness (QED) is 0.812. The van der Waals surface area contributed by atoms with Crippen molar-refractivity contribution in [3.05, 3.63) is 10.2 Å². The van der Waals surface area contributed by atoms with Gasteiger partial charge in [-0.25, -0.2) is 4.98 Å². The van der Waals surface area contributed by atoms with Crippen molar-refractivity contribution < 1.29 is 14.6 Å². The first-order valence-electron chi connectivity index (χ1n) is 3.58. The maximum atomic E-state index is 9.62. The molecule has 0 aliphatic carbocycles. The molecule has 0 radical (unpaired) electrons. The highest BCUT2D eigenvalue weighted by atomic mass is 79.9. The molecule has 13 heavy (non-hydrogen) atoms. The molecule has 1 aromatic heterocycles. The van der Waals surface area contributed by atoms with E-state index in [4.69, 9.17) is 9.47 Å². The standard InChI is InChI=1S/C8H10BrNO3/c1-4-5(11)6(12-2)8(13-3)10-7(4)9/h1-3H3,(H,10,11). The molecule has 0 spiro atoms. The van der Waals surface area contributed by atoms with Crippen molar-refractivity contribution in [2.24, 2.45) is 0 Å². The first-order valence-corrected chi connectivity index (χ1v) is 4.38. The molecule has 0 aliphatic heterocycles. The van der Waals surface area contributed by atoms with Crippen LogP contribution in [0, 0.1) is 6.92 Å². The molecule has 0 unspecified atom stereocenters. The summed E-state index contributed by atoms with van der Waals surface area (Å²) in [6.45, 7) is 1.73. The van der Waals surface area contributed by atoms with E-state index in [0.717, 1.165) is 0 Å². The number of methoxy groups -OCH3 is 2. The van der Waals surface area contributed by atoms with E-state index in [9.17, 15) is 5.11 Å². The molecule has 0 atom stereocenters. The molecular formula is C8H10BrNO3. The molecule has 0 saturated heterocycles. The molecule has 5 heteroatoms. The number of ether oxygens (including phenoxy) is 2. The summed E-state index contributed by atoms with van der Waals surface area (Å²) in [5.41, 5.74) is 0.623.